The van der Waals surface area contributed by atoms with Crippen LogP contribution in [-0.4, -0.2) is 43.5 Å². The number of aliphatic hydroxyl groups is 1. The van der Waals surface area contributed by atoms with E-state index in [0.29, 0.717) is 11.7 Å². The second-order valence-electron chi connectivity index (χ2n) is 4.63. The summed E-state index contributed by atoms with van der Waals surface area (Å²) >= 11 is 7.51. The highest BCUT2D eigenvalue weighted by atomic mass is 79.9. The Morgan fingerprint density at radius 3 is 2.84 bits per heavy atom. The highest BCUT2D eigenvalue weighted by Gasteiger charge is 2.25. The van der Waals surface area contributed by atoms with Gasteiger partial charge in [-0.05, 0) is 29.3 Å². The van der Waals surface area contributed by atoms with Crippen molar-refractivity contribution < 1.29 is 5.11 Å². The Balaban J connectivity index is 2.10. The van der Waals surface area contributed by atoms with E-state index in [9.17, 15) is 5.11 Å². The van der Waals surface area contributed by atoms with E-state index in [1.807, 2.05) is 28.2 Å². The number of aromatic nitrogens is 2. The van der Waals surface area contributed by atoms with Crippen molar-refractivity contribution in [3.8, 4) is 0 Å². The van der Waals surface area contributed by atoms with Gasteiger partial charge in [-0.15, -0.1) is 0 Å². The monoisotopic (exact) mass is 364 g/mol. The molecule has 0 aromatic carbocycles. The maximum absolute atomic E-state index is 10.5. The number of thioether (sulfide) groups is 2. The molecule has 2 atom stereocenters. The van der Waals surface area contributed by atoms with Crippen molar-refractivity contribution in [2.75, 3.05) is 17.3 Å². The molecule has 19 heavy (non-hydrogen) atoms. The Kier molecular flexibility index (Phi) is 6.11. The summed E-state index contributed by atoms with van der Waals surface area (Å²) < 4.78 is 3.11. The van der Waals surface area contributed by atoms with Crippen LogP contribution in [0.25, 0.3) is 0 Å². The van der Waals surface area contributed by atoms with Crippen LogP contribution in [-0.2, 0) is 19.4 Å². The summed E-state index contributed by atoms with van der Waals surface area (Å²) in [6, 6.07) is 0. The molecule has 1 aromatic rings. The molecule has 0 bridgehead atoms. The summed E-state index contributed by atoms with van der Waals surface area (Å²) in [4.78, 5) is 0. The highest BCUT2D eigenvalue weighted by Crippen LogP contribution is 2.30. The molecule has 2 unspecified atom stereocenters. The van der Waals surface area contributed by atoms with Gasteiger partial charge in [0.2, 0.25) is 0 Å². The average Bonchev–Trinajstić information content (AvgIpc) is 2.76. The van der Waals surface area contributed by atoms with Gasteiger partial charge in [0.1, 0.15) is 0 Å². The first-order valence-electron chi connectivity index (χ1n) is 6.78. The van der Waals surface area contributed by atoms with Crippen molar-refractivity contribution in [2.24, 2.45) is 0 Å². The molecule has 1 aliphatic rings. The van der Waals surface area contributed by atoms with Crippen LogP contribution in [0.3, 0.4) is 0 Å². The SMILES string of the molecule is CCc1nn(CC)c(CC(O)C2CSCCS2)c1Br. The number of hydrogen-bond donors (Lipinski definition) is 1. The van der Waals surface area contributed by atoms with Gasteiger partial charge in [-0.1, -0.05) is 6.92 Å². The fourth-order valence-electron chi connectivity index (χ4n) is 2.27. The summed E-state index contributed by atoms with van der Waals surface area (Å²) in [5, 5.41) is 15.4. The van der Waals surface area contributed by atoms with Crippen molar-refractivity contribution in [3.63, 3.8) is 0 Å². The second-order valence-corrected chi connectivity index (χ2v) is 7.92. The zero-order valence-corrected chi connectivity index (χ0v) is 14.7. The fraction of sp³-hybridized carbons (Fsp3) is 0.769. The normalized spacial score (nSPS) is 21.6. The second kappa shape index (κ2) is 7.38. The van der Waals surface area contributed by atoms with E-state index in [2.05, 4.69) is 34.9 Å². The van der Waals surface area contributed by atoms with Crippen molar-refractivity contribution in [3.05, 3.63) is 15.9 Å². The summed E-state index contributed by atoms with van der Waals surface area (Å²) in [5.41, 5.74) is 2.23. The molecule has 1 aliphatic heterocycles. The van der Waals surface area contributed by atoms with E-state index >= 15 is 0 Å². The maximum atomic E-state index is 10.5. The lowest BCUT2D eigenvalue weighted by atomic mass is 10.1. The van der Waals surface area contributed by atoms with Crippen molar-refractivity contribution >= 4 is 39.5 Å². The van der Waals surface area contributed by atoms with Crippen molar-refractivity contribution in [1.82, 2.24) is 9.78 Å². The topological polar surface area (TPSA) is 38.0 Å². The molecular formula is C13H21BrN2OS2. The number of aryl methyl sites for hydroxylation is 2. The van der Waals surface area contributed by atoms with Gasteiger partial charge in [0.25, 0.3) is 0 Å². The molecule has 0 amide bonds. The molecule has 1 saturated heterocycles. The van der Waals surface area contributed by atoms with E-state index < -0.39 is 0 Å². The van der Waals surface area contributed by atoms with Crippen LogP contribution in [0.4, 0.5) is 0 Å². The van der Waals surface area contributed by atoms with Crippen LogP contribution in [0.15, 0.2) is 4.47 Å². The Bertz CT molecular complexity index is 419. The van der Waals surface area contributed by atoms with E-state index in [4.69, 9.17) is 0 Å². The molecule has 2 rings (SSSR count). The molecule has 6 heteroatoms. The van der Waals surface area contributed by atoms with Crippen molar-refractivity contribution in [1.29, 1.82) is 0 Å². The van der Waals surface area contributed by atoms with E-state index in [0.717, 1.165) is 40.3 Å². The predicted molar refractivity (Wildman–Crippen MR) is 88.3 cm³/mol. The quantitative estimate of drug-likeness (QED) is 0.871. The number of halogens is 1. The molecule has 3 nitrogen and oxygen atoms in total. The third kappa shape index (κ3) is 3.71. The summed E-state index contributed by atoms with van der Waals surface area (Å²) in [5.74, 6) is 3.43. The van der Waals surface area contributed by atoms with Gasteiger partial charge in [0.15, 0.2) is 0 Å². The molecule has 108 valence electrons. The van der Waals surface area contributed by atoms with Gasteiger partial charge in [-0.2, -0.15) is 28.6 Å². The van der Waals surface area contributed by atoms with Gasteiger partial charge in [-0.25, -0.2) is 0 Å². The number of hydrogen-bond acceptors (Lipinski definition) is 4. The minimum atomic E-state index is -0.277. The van der Waals surface area contributed by atoms with Crippen LogP contribution in [0.2, 0.25) is 0 Å². The standard InChI is InChI=1S/C13H21BrN2OS2/c1-3-9-13(14)10(16(4-2)15-9)7-11(17)12-8-18-5-6-19-12/h11-12,17H,3-8H2,1-2H3. The lowest BCUT2D eigenvalue weighted by molar-refractivity contribution is 0.174. The molecule has 1 aromatic heterocycles. The Morgan fingerprint density at radius 1 is 1.47 bits per heavy atom. The number of nitrogens with zero attached hydrogens (tertiary/aromatic N) is 2. The van der Waals surface area contributed by atoms with E-state index in [1.165, 1.54) is 5.75 Å². The Labute approximate surface area is 132 Å². The summed E-state index contributed by atoms with van der Waals surface area (Å²) in [6.07, 6.45) is 1.34. The molecule has 0 aliphatic carbocycles. The minimum absolute atomic E-state index is 0.277. The molecule has 0 spiro atoms. The smallest absolute Gasteiger partial charge is 0.0766 e. The molecule has 1 fully saturated rings. The number of rotatable bonds is 5. The van der Waals surface area contributed by atoms with Crippen LogP contribution in [0, 0.1) is 0 Å². The first-order valence-corrected chi connectivity index (χ1v) is 9.78. The van der Waals surface area contributed by atoms with Crippen LogP contribution in [0.5, 0.6) is 0 Å². The Hall–Kier alpha value is 0.350. The largest absolute Gasteiger partial charge is 0.392 e. The predicted octanol–water partition coefficient (Wildman–Crippen LogP) is 2.98. The lowest BCUT2D eigenvalue weighted by Gasteiger charge is -2.26. The van der Waals surface area contributed by atoms with Gasteiger partial charge in [-0.3, -0.25) is 4.68 Å². The molecule has 0 saturated carbocycles. The first-order chi connectivity index (χ1) is 9.17. The van der Waals surface area contributed by atoms with Crippen LogP contribution >= 0.6 is 39.5 Å². The van der Waals surface area contributed by atoms with Crippen molar-refractivity contribution in [2.45, 2.75) is 44.6 Å². The average molecular weight is 365 g/mol. The third-order valence-electron chi connectivity index (χ3n) is 3.37. The molecule has 1 N–H and O–H groups in total. The van der Waals surface area contributed by atoms with Gasteiger partial charge < -0.3 is 5.11 Å². The zero-order valence-electron chi connectivity index (χ0n) is 11.4. The number of aliphatic hydroxyl groups excluding tert-OH is 1. The first kappa shape index (κ1) is 15.7. The van der Waals surface area contributed by atoms with Gasteiger partial charge >= 0.3 is 0 Å². The van der Waals surface area contributed by atoms with Crippen LogP contribution in [0.1, 0.15) is 25.2 Å². The summed E-state index contributed by atoms with van der Waals surface area (Å²) in [6.45, 7) is 5.06. The minimum Gasteiger partial charge on any atom is -0.392 e. The van der Waals surface area contributed by atoms with Crippen LogP contribution < -0.4 is 0 Å². The highest BCUT2D eigenvalue weighted by molar-refractivity contribution is 9.10. The maximum Gasteiger partial charge on any atom is 0.0766 e. The van der Waals surface area contributed by atoms with E-state index in [1.54, 1.807) is 0 Å². The van der Waals surface area contributed by atoms with Gasteiger partial charge in [0, 0.05) is 35.5 Å². The Morgan fingerprint density at radius 2 is 2.26 bits per heavy atom. The third-order valence-corrected chi connectivity index (χ3v) is 7.19. The molecule has 0 radical (unpaired) electrons. The van der Waals surface area contributed by atoms with Gasteiger partial charge in [0.05, 0.1) is 22.0 Å². The fourth-order valence-corrected chi connectivity index (χ4v) is 5.77. The lowest BCUT2D eigenvalue weighted by Crippen LogP contribution is -2.31. The molecular weight excluding hydrogens is 344 g/mol. The zero-order chi connectivity index (χ0) is 13.8. The van der Waals surface area contributed by atoms with E-state index in [-0.39, 0.29) is 6.10 Å². The molecule has 2 heterocycles. The summed E-state index contributed by atoms with van der Waals surface area (Å²) in [7, 11) is 0.